The number of nitrogen functional groups attached to an aromatic ring is 1. The van der Waals surface area contributed by atoms with Gasteiger partial charge in [0.25, 0.3) is 5.91 Å². The largest absolute Gasteiger partial charge is 0.488 e. The number of hydrogen-bond acceptors (Lipinski definition) is 3. The second kappa shape index (κ2) is 5.79. The molecule has 0 heterocycles. The molecule has 0 radical (unpaired) electrons. The van der Waals surface area contributed by atoms with Crippen LogP contribution in [0.2, 0.25) is 5.02 Å². The van der Waals surface area contributed by atoms with Gasteiger partial charge in [0.1, 0.15) is 18.2 Å². The van der Waals surface area contributed by atoms with Crippen LogP contribution < -0.4 is 16.2 Å². The van der Waals surface area contributed by atoms with E-state index in [9.17, 15) is 9.18 Å². The summed E-state index contributed by atoms with van der Waals surface area (Å²) in [6, 6.07) is 8.84. The molecule has 1 amide bonds. The molecule has 0 fully saturated rings. The fourth-order valence-corrected chi connectivity index (χ4v) is 1.86. The van der Waals surface area contributed by atoms with Crippen LogP contribution in [0.3, 0.4) is 0 Å². The molecule has 0 unspecified atom stereocenters. The van der Waals surface area contributed by atoms with Crippen LogP contribution in [0.5, 0.6) is 5.75 Å². The average Bonchev–Trinajstić information content (AvgIpc) is 2.41. The smallest absolute Gasteiger partial charge is 0.252 e. The summed E-state index contributed by atoms with van der Waals surface area (Å²) in [4.78, 5) is 11.3. The molecule has 4 N–H and O–H groups in total. The first-order chi connectivity index (χ1) is 9.47. The second-order valence-corrected chi connectivity index (χ2v) is 4.56. The first kappa shape index (κ1) is 14.1. The Morgan fingerprint density at radius 1 is 1.25 bits per heavy atom. The van der Waals surface area contributed by atoms with Gasteiger partial charge < -0.3 is 16.2 Å². The monoisotopic (exact) mass is 294 g/mol. The molecule has 0 bridgehead atoms. The van der Waals surface area contributed by atoms with E-state index < -0.39 is 11.7 Å². The van der Waals surface area contributed by atoms with Gasteiger partial charge in [0.15, 0.2) is 0 Å². The molecular weight excluding hydrogens is 283 g/mol. The van der Waals surface area contributed by atoms with Crippen LogP contribution in [0.4, 0.5) is 10.1 Å². The molecule has 0 saturated carbocycles. The van der Waals surface area contributed by atoms with Gasteiger partial charge in [-0.15, -0.1) is 0 Å². The topological polar surface area (TPSA) is 78.3 Å². The van der Waals surface area contributed by atoms with Crippen LogP contribution in [-0.4, -0.2) is 5.91 Å². The molecule has 0 aliphatic heterocycles. The molecule has 0 aliphatic rings. The van der Waals surface area contributed by atoms with Crippen molar-refractivity contribution in [3.63, 3.8) is 0 Å². The standard InChI is InChI=1S/C14H12ClFN2O2/c15-11-5-8(1-3-12(11)16)7-20-13-4-2-9(17)6-10(13)14(18)19/h1-6H,7,17H2,(H2,18,19). The number of ether oxygens (including phenoxy) is 1. The first-order valence-electron chi connectivity index (χ1n) is 5.73. The van der Waals surface area contributed by atoms with Crippen molar-refractivity contribution < 1.29 is 13.9 Å². The predicted octanol–water partition coefficient (Wildman–Crippen LogP) is 2.74. The first-order valence-corrected chi connectivity index (χ1v) is 6.11. The Kier molecular flexibility index (Phi) is 4.10. The maximum Gasteiger partial charge on any atom is 0.252 e. The summed E-state index contributed by atoms with van der Waals surface area (Å²) in [5, 5.41) is 0.0125. The van der Waals surface area contributed by atoms with Gasteiger partial charge in [-0.05, 0) is 35.9 Å². The number of nitrogens with two attached hydrogens (primary N) is 2. The third-order valence-electron chi connectivity index (χ3n) is 2.65. The molecular formula is C14H12ClFN2O2. The van der Waals surface area contributed by atoms with Crippen LogP contribution in [0, 0.1) is 5.82 Å². The van der Waals surface area contributed by atoms with Gasteiger partial charge in [-0.25, -0.2) is 4.39 Å². The van der Waals surface area contributed by atoms with E-state index >= 15 is 0 Å². The fourth-order valence-electron chi connectivity index (χ4n) is 1.66. The molecule has 4 nitrogen and oxygen atoms in total. The molecule has 20 heavy (non-hydrogen) atoms. The highest BCUT2D eigenvalue weighted by atomic mass is 35.5. The van der Waals surface area contributed by atoms with Crippen molar-refractivity contribution in [2.24, 2.45) is 5.73 Å². The van der Waals surface area contributed by atoms with Gasteiger partial charge in [0.2, 0.25) is 0 Å². The van der Waals surface area contributed by atoms with Gasteiger partial charge in [0, 0.05) is 5.69 Å². The van der Waals surface area contributed by atoms with E-state index in [2.05, 4.69) is 0 Å². The lowest BCUT2D eigenvalue weighted by Crippen LogP contribution is -2.13. The number of benzene rings is 2. The number of primary amides is 1. The van der Waals surface area contributed by atoms with Gasteiger partial charge >= 0.3 is 0 Å². The summed E-state index contributed by atoms with van der Waals surface area (Å²) in [5.41, 5.74) is 12.1. The van der Waals surface area contributed by atoms with E-state index in [1.807, 2.05) is 0 Å². The Hall–Kier alpha value is -2.27. The summed E-state index contributed by atoms with van der Waals surface area (Å²) in [6.45, 7) is 0.129. The maximum atomic E-state index is 13.0. The number of anilines is 1. The zero-order chi connectivity index (χ0) is 14.7. The normalized spacial score (nSPS) is 10.3. The number of rotatable bonds is 4. The van der Waals surface area contributed by atoms with E-state index in [4.69, 9.17) is 27.8 Å². The third-order valence-corrected chi connectivity index (χ3v) is 2.94. The summed E-state index contributed by atoms with van der Waals surface area (Å²) < 4.78 is 18.5. The van der Waals surface area contributed by atoms with Crippen LogP contribution in [0.1, 0.15) is 15.9 Å². The van der Waals surface area contributed by atoms with Crippen LogP contribution in [0.25, 0.3) is 0 Å². The van der Waals surface area contributed by atoms with E-state index in [-0.39, 0.29) is 17.2 Å². The Morgan fingerprint density at radius 2 is 2.00 bits per heavy atom. The lowest BCUT2D eigenvalue weighted by atomic mass is 10.1. The Labute approximate surface area is 120 Å². The van der Waals surface area contributed by atoms with E-state index in [0.29, 0.717) is 17.0 Å². The quantitative estimate of drug-likeness (QED) is 0.851. The molecule has 0 atom stereocenters. The van der Waals surface area contributed by atoms with Crippen molar-refractivity contribution in [3.8, 4) is 5.75 Å². The Balaban J connectivity index is 2.18. The van der Waals surface area contributed by atoms with Crippen molar-refractivity contribution in [2.75, 3.05) is 5.73 Å². The highest BCUT2D eigenvalue weighted by Gasteiger charge is 2.10. The summed E-state index contributed by atoms with van der Waals surface area (Å²) in [7, 11) is 0. The summed E-state index contributed by atoms with van der Waals surface area (Å²) >= 11 is 5.68. The average molecular weight is 295 g/mol. The molecule has 0 spiro atoms. The predicted molar refractivity (Wildman–Crippen MR) is 75.1 cm³/mol. The van der Waals surface area contributed by atoms with Crippen molar-refractivity contribution in [2.45, 2.75) is 6.61 Å². The Bertz CT molecular complexity index is 662. The van der Waals surface area contributed by atoms with Crippen LogP contribution in [-0.2, 0) is 6.61 Å². The lowest BCUT2D eigenvalue weighted by molar-refractivity contribution is 0.0996. The van der Waals surface area contributed by atoms with E-state index in [1.165, 1.54) is 18.2 Å². The Morgan fingerprint density at radius 3 is 2.65 bits per heavy atom. The minimum atomic E-state index is -0.635. The van der Waals surface area contributed by atoms with E-state index in [1.54, 1.807) is 18.2 Å². The number of hydrogen-bond donors (Lipinski definition) is 2. The van der Waals surface area contributed by atoms with Crippen molar-refractivity contribution >= 4 is 23.2 Å². The number of carbonyl (C=O) groups excluding carboxylic acids is 1. The second-order valence-electron chi connectivity index (χ2n) is 4.16. The maximum absolute atomic E-state index is 13.0. The van der Waals surface area contributed by atoms with Gasteiger partial charge in [-0.3, -0.25) is 4.79 Å². The lowest BCUT2D eigenvalue weighted by Gasteiger charge is -2.10. The number of carbonyl (C=O) groups is 1. The molecule has 2 aromatic rings. The molecule has 104 valence electrons. The highest BCUT2D eigenvalue weighted by Crippen LogP contribution is 2.23. The molecule has 0 aromatic heterocycles. The molecule has 2 aromatic carbocycles. The molecule has 0 aliphatic carbocycles. The highest BCUT2D eigenvalue weighted by molar-refractivity contribution is 6.30. The van der Waals surface area contributed by atoms with Gasteiger partial charge in [0.05, 0.1) is 10.6 Å². The van der Waals surface area contributed by atoms with Crippen molar-refractivity contribution in [3.05, 3.63) is 58.4 Å². The summed E-state index contributed by atoms with van der Waals surface area (Å²) in [5.74, 6) is -0.822. The minimum absolute atomic E-state index is 0.0125. The van der Waals surface area contributed by atoms with Crippen molar-refractivity contribution in [1.29, 1.82) is 0 Å². The zero-order valence-corrected chi connectivity index (χ0v) is 11.2. The molecule has 6 heteroatoms. The van der Waals surface area contributed by atoms with Gasteiger partial charge in [-0.1, -0.05) is 17.7 Å². The number of halogens is 2. The van der Waals surface area contributed by atoms with Gasteiger partial charge in [-0.2, -0.15) is 0 Å². The molecule has 2 rings (SSSR count). The fraction of sp³-hybridized carbons (Fsp3) is 0.0714. The van der Waals surface area contributed by atoms with Crippen LogP contribution >= 0.6 is 11.6 Å². The van der Waals surface area contributed by atoms with Crippen molar-refractivity contribution in [1.82, 2.24) is 0 Å². The summed E-state index contributed by atoms with van der Waals surface area (Å²) in [6.07, 6.45) is 0. The number of amides is 1. The van der Waals surface area contributed by atoms with Crippen LogP contribution in [0.15, 0.2) is 36.4 Å². The van der Waals surface area contributed by atoms with E-state index in [0.717, 1.165) is 0 Å². The SMILES string of the molecule is NC(=O)c1cc(N)ccc1OCc1ccc(F)c(Cl)c1. The minimum Gasteiger partial charge on any atom is -0.488 e. The molecule has 0 saturated heterocycles. The third kappa shape index (κ3) is 3.19. The zero-order valence-electron chi connectivity index (χ0n) is 10.4.